The zero-order chi connectivity index (χ0) is 18.7. The average Bonchev–Trinajstić information content (AvgIpc) is 2.96. The van der Waals surface area contributed by atoms with E-state index in [4.69, 9.17) is 0 Å². The average molecular weight is 354 g/mol. The van der Waals surface area contributed by atoms with Gasteiger partial charge in [0, 0.05) is 50.8 Å². The maximum absolute atomic E-state index is 12.7. The van der Waals surface area contributed by atoms with E-state index in [1.165, 1.54) is 0 Å². The van der Waals surface area contributed by atoms with Crippen molar-refractivity contribution in [3.8, 4) is 0 Å². The van der Waals surface area contributed by atoms with Crippen molar-refractivity contribution in [2.24, 2.45) is 7.05 Å². The van der Waals surface area contributed by atoms with Crippen LogP contribution >= 0.6 is 0 Å². The molecule has 138 valence electrons. The van der Waals surface area contributed by atoms with Crippen molar-refractivity contribution < 1.29 is 9.59 Å². The fourth-order valence-corrected chi connectivity index (χ4v) is 3.45. The van der Waals surface area contributed by atoms with Gasteiger partial charge >= 0.3 is 0 Å². The highest BCUT2D eigenvalue weighted by molar-refractivity contribution is 5.94. The van der Waals surface area contributed by atoms with E-state index in [1.54, 1.807) is 4.68 Å². The first kappa shape index (κ1) is 18.2. The van der Waals surface area contributed by atoms with Crippen molar-refractivity contribution in [1.29, 1.82) is 0 Å². The van der Waals surface area contributed by atoms with Crippen LogP contribution in [-0.2, 0) is 31.4 Å². The molecular weight excluding hydrogens is 328 g/mol. The van der Waals surface area contributed by atoms with E-state index in [2.05, 4.69) is 16.5 Å². The van der Waals surface area contributed by atoms with Crippen LogP contribution in [0.15, 0.2) is 24.3 Å². The molecule has 1 aliphatic rings. The van der Waals surface area contributed by atoms with E-state index in [-0.39, 0.29) is 11.8 Å². The van der Waals surface area contributed by atoms with E-state index < -0.39 is 0 Å². The lowest BCUT2D eigenvalue weighted by molar-refractivity contribution is -0.132. The molecule has 2 heterocycles. The summed E-state index contributed by atoms with van der Waals surface area (Å²) in [7, 11) is 1.86. The van der Waals surface area contributed by atoms with Crippen LogP contribution in [0.3, 0.4) is 0 Å². The number of fused-ring (bicyclic) bond motifs is 1. The van der Waals surface area contributed by atoms with Gasteiger partial charge in [0.2, 0.25) is 5.91 Å². The Morgan fingerprint density at radius 2 is 2.12 bits per heavy atom. The van der Waals surface area contributed by atoms with Crippen molar-refractivity contribution in [1.82, 2.24) is 20.0 Å². The summed E-state index contributed by atoms with van der Waals surface area (Å²) in [6, 6.07) is 8.06. The number of carbonyl (C=O) groups is 2. The third-order valence-corrected chi connectivity index (χ3v) is 4.81. The number of hydrogen-bond donors (Lipinski definition) is 1. The molecule has 6 nitrogen and oxygen atoms in total. The zero-order valence-electron chi connectivity index (χ0n) is 15.7. The SMILES string of the molecule is CCCC(=O)N1CCc2c(c(C(=O)NCc3cccc(C)c3)nn2C)C1. The highest BCUT2D eigenvalue weighted by Crippen LogP contribution is 2.23. The molecule has 0 aliphatic carbocycles. The summed E-state index contributed by atoms with van der Waals surface area (Å²) in [6.45, 7) is 5.65. The topological polar surface area (TPSA) is 67.2 Å². The Balaban J connectivity index is 1.74. The van der Waals surface area contributed by atoms with Gasteiger partial charge in [0.15, 0.2) is 5.69 Å². The molecule has 0 unspecified atom stereocenters. The monoisotopic (exact) mass is 354 g/mol. The van der Waals surface area contributed by atoms with E-state index in [1.807, 2.05) is 44.0 Å². The Kier molecular flexibility index (Phi) is 5.40. The minimum Gasteiger partial charge on any atom is -0.347 e. The molecule has 2 aromatic rings. The van der Waals surface area contributed by atoms with E-state index >= 15 is 0 Å². The third kappa shape index (κ3) is 3.79. The largest absolute Gasteiger partial charge is 0.347 e. The second-order valence-electron chi connectivity index (χ2n) is 6.88. The van der Waals surface area contributed by atoms with Crippen molar-refractivity contribution in [3.05, 3.63) is 52.3 Å². The number of nitrogens with one attached hydrogen (secondary N) is 1. The van der Waals surface area contributed by atoms with E-state index in [0.717, 1.165) is 35.2 Å². The van der Waals surface area contributed by atoms with Gasteiger partial charge in [0.05, 0.1) is 0 Å². The Morgan fingerprint density at radius 1 is 1.31 bits per heavy atom. The first-order chi connectivity index (χ1) is 12.5. The Morgan fingerprint density at radius 3 is 2.85 bits per heavy atom. The molecule has 0 radical (unpaired) electrons. The maximum Gasteiger partial charge on any atom is 0.272 e. The molecular formula is C20H26N4O2. The molecule has 1 aromatic carbocycles. The van der Waals surface area contributed by atoms with Gasteiger partial charge in [-0.25, -0.2) is 0 Å². The molecule has 1 aromatic heterocycles. The van der Waals surface area contributed by atoms with Gasteiger partial charge in [-0.2, -0.15) is 5.10 Å². The summed E-state index contributed by atoms with van der Waals surface area (Å²) < 4.78 is 1.78. The molecule has 1 N–H and O–H groups in total. The van der Waals surface area contributed by atoms with Crippen LogP contribution in [0, 0.1) is 6.92 Å². The number of carbonyl (C=O) groups excluding carboxylic acids is 2. The molecule has 6 heteroatoms. The summed E-state index contributed by atoms with van der Waals surface area (Å²) in [5, 5.41) is 7.39. The van der Waals surface area contributed by atoms with Gasteiger partial charge in [-0.3, -0.25) is 14.3 Å². The van der Waals surface area contributed by atoms with Crippen molar-refractivity contribution >= 4 is 11.8 Å². The number of amides is 2. The van der Waals surface area contributed by atoms with Crippen LogP contribution in [0.2, 0.25) is 0 Å². The van der Waals surface area contributed by atoms with Crippen LogP contribution in [0.4, 0.5) is 0 Å². The maximum atomic E-state index is 12.7. The van der Waals surface area contributed by atoms with Crippen LogP contribution in [0.25, 0.3) is 0 Å². The lowest BCUT2D eigenvalue weighted by atomic mass is 10.0. The molecule has 26 heavy (non-hydrogen) atoms. The standard InChI is InChI=1S/C20H26N4O2/c1-4-6-18(25)24-10-9-17-16(13-24)19(22-23(17)3)20(26)21-12-15-8-5-7-14(2)11-15/h5,7-8,11H,4,6,9-10,12-13H2,1-3H3,(H,21,26). The Labute approximate surface area is 154 Å². The first-order valence-electron chi connectivity index (χ1n) is 9.15. The molecule has 0 atom stereocenters. The second kappa shape index (κ2) is 7.72. The summed E-state index contributed by atoms with van der Waals surface area (Å²) in [4.78, 5) is 26.8. The molecule has 0 saturated carbocycles. The Bertz CT molecular complexity index is 825. The molecule has 2 amide bonds. The van der Waals surface area contributed by atoms with Crippen LogP contribution < -0.4 is 5.32 Å². The smallest absolute Gasteiger partial charge is 0.272 e. The number of hydrogen-bond acceptors (Lipinski definition) is 3. The summed E-state index contributed by atoms with van der Waals surface area (Å²) >= 11 is 0. The number of aryl methyl sites for hydroxylation is 2. The number of nitrogens with zero attached hydrogens (tertiary/aromatic N) is 3. The zero-order valence-corrected chi connectivity index (χ0v) is 15.7. The molecule has 3 rings (SSSR count). The van der Waals surface area contributed by atoms with Crippen LogP contribution in [0.1, 0.15) is 52.6 Å². The van der Waals surface area contributed by atoms with Crippen molar-refractivity contribution in [2.75, 3.05) is 6.54 Å². The summed E-state index contributed by atoms with van der Waals surface area (Å²) in [6.07, 6.45) is 2.11. The fraction of sp³-hybridized carbons (Fsp3) is 0.450. The van der Waals surface area contributed by atoms with Gasteiger partial charge < -0.3 is 10.2 Å². The van der Waals surface area contributed by atoms with E-state index in [0.29, 0.717) is 31.7 Å². The highest BCUT2D eigenvalue weighted by atomic mass is 16.2. The predicted octanol–water partition coefficient (Wildman–Crippen LogP) is 2.34. The normalized spacial score (nSPS) is 13.4. The van der Waals surface area contributed by atoms with Gasteiger partial charge in [0.1, 0.15) is 0 Å². The van der Waals surface area contributed by atoms with Gasteiger partial charge in [-0.15, -0.1) is 0 Å². The van der Waals surface area contributed by atoms with Gasteiger partial charge in [-0.05, 0) is 18.9 Å². The molecule has 0 saturated heterocycles. The van der Waals surface area contributed by atoms with Gasteiger partial charge in [-0.1, -0.05) is 36.8 Å². The fourth-order valence-electron chi connectivity index (χ4n) is 3.45. The van der Waals surface area contributed by atoms with Crippen molar-refractivity contribution in [2.45, 2.75) is 46.2 Å². The quantitative estimate of drug-likeness (QED) is 0.896. The number of rotatable bonds is 5. The molecule has 1 aliphatic heterocycles. The number of benzene rings is 1. The third-order valence-electron chi connectivity index (χ3n) is 4.81. The van der Waals surface area contributed by atoms with Crippen molar-refractivity contribution in [3.63, 3.8) is 0 Å². The molecule has 0 bridgehead atoms. The molecule has 0 spiro atoms. The van der Waals surface area contributed by atoms with Crippen LogP contribution in [-0.4, -0.2) is 33.0 Å². The first-order valence-corrected chi connectivity index (χ1v) is 9.15. The summed E-state index contributed by atoms with van der Waals surface area (Å²) in [5.74, 6) is -0.0405. The minimum atomic E-state index is -0.187. The lowest BCUT2D eigenvalue weighted by Crippen LogP contribution is -2.37. The molecule has 0 fully saturated rings. The second-order valence-corrected chi connectivity index (χ2v) is 6.88. The Hall–Kier alpha value is -2.63. The van der Waals surface area contributed by atoms with Crippen LogP contribution in [0.5, 0.6) is 0 Å². The lowest BCUT2D eigenvalue weighted by Gasteiger charge is -2.27. The number of aromatic nitrogens is 2. The predicted molar refractivity (Wildman–Crippen MR) is 99.6 cm³/mol. The highest BCUT2D eigenvalue weighted by Gasteiger charge is 2.28. The minimum absolute atomic E-state index is 0.146. The summed E-state index contributed by atoms with van der Waals surface area (Å²) in [5.41, 5.74) is 4.58. The van der Waals surface area contributed by atoms with Gasteiger partial charge in [0.25, 0.3) is 5.91 Å². The van der Waals surface area contributed by atoms with E-state index in [9.17, 15) is 9.59 Å².